The Morgan fingerprint density at radius 3 is 0.754 bits per heavy atom. The van der Waals surface area contributed by atoms with E-state index in [1.54, 1.807) is 0 Å². The third kappa shape index (κ3) is 10.0. The molecule has 8 rings (SSSR count). The number of aromatic nitrogens is 16. The summed E-state index contributed by atoms with van der Waals surface area (Å²) < 4.78 is 5.75. The van der Waals surface area contributed by atoms with Crippen LogP contribution in [0.1, 0.15) is 0 Å². The Morgan fingerprint density at radius 2 is 0.569 bits per heavy atom. The fourth-order valence-corrected chi connectivity index (χ4v) is 10.9. The van der Waals surface area contributed by atoms with Crippen molar-refractivity contribution in [3.8, 4) is 22.7 Å². The molecule has 0 unspecified atom stereocenters. The van der Waals surface area contributed by atoms with Crippen LogP contribution in [-0.2, 0) is 0 Å². The Kier molecular flexibility index (Phi) is 13.0. The third-order valence-electron chi connectivity index (χ3n) is 9.01. The molecule has 0 aliphatic heterocycles. The Bertz CT molecular complexity index is 2580. The second-order valence-corrected chi connectivity index (χ2v) is 17.0. The smallest absolute Gasteiger partial charge is 0.258 e. The van der Waals surface area contributed by atoms with Crippen molar-refractivity contribution in [2.45, 2.75) is 20.6 Å². The molecule has 0 radical (unpaired) electrons. The highest BCUT2D eigenvalue weighted by molar-refractivity contribution is 8.01. The summed E-state index contributed by atoms with van der Waals surface area (Å²) in [6.07, 6.45) is 0. The molecule has 8 aromatic rings. The van der Waals surface area contributed by atoms with Crippen molar-refractivity contribution >= 4 is 69.8 Å². The van der Waals surface area contributed by atoms with E-state index in [1.807, 2.05) is 0 Å². The number of nitro groups is 4. The van der Waals surface area contributed by atoms with Gasteiger partial charge in [-0.1, -0.05) is 47.0 Å². The summed E-state index contributed by atoms with van der Waals surface area (Å²) in [6.45, 7) is 0. The zero-order valence-electron chi connectivity index (χ0n) is 32.4. The van der Waals surface area contributed by atoms with Crippen LogP contribution in [0.15, 0.2) is 118 Å². The van der Waals surface area contributed by atoms with Gasteiger partial charge in [-0.3, -0.25) is 40.5 Å². The molecular weight excluding hydrogens is 933 g/mol. The molecule has 4 heterocycles. The van der Waals surface area contributed by atoms with Gasteiger partial charge in [-0.2, -0.15) is 18.7 Å². The lowest BCUT2D eigenvalue weighted by atomic mass is 9.99. The molecule has 4 aromatic heterocycles. The normalized spacial score (nSPS) is 11.4. The molecule has 0 amide bonds. The largest absolute Gasteiger partial charge is 0.269 e. The van der Waals surface area contributed by atoms with E-state index < -0.39 is 25.1 Å². The number of nitro benzene ring substituents is 4. The van der Waals surface area contributed by atoms with Gasteiger partial charge in [-0.25, -0.2) is 0 Å². The number of hydrogen-bond donors (Lipinski definition) is 0. The van der Waals surface area contributed by atoms with Crippen LogP contribution >= 0.6 is 47.0 Å². The van der Waals surface area contributed by atoms with Gasteiger partial charge in [-0.15, -0.1) is 20.4 Å². The van der Waals surface area contributed by atoms with E-state index in [-0.39, 0.29) is 45.8 Å². The average molecular weight is 957 g/mol. The molecule has 328 valence electrons. The molecule has 28 nitrogen and oxygen atoms in total. The van der Waals surface area contributed by atoms with E-state index in [0.717, 1.165) is 0 Å². The van der Waals surface area contributed by atoms with E-state index in [4.69, 9.17) is 0 Å². The molecular formula is C33H24N20O8S4. The Morgan fingerprint density at radius 1 is 0.369 bits per heavy atom. The highest BCUT2D eigenvalue weighted by atomic mass is 32.2. The summed E-state index contributed by atoms with van der Waals surface area (Å²) >= 11 is 5.11. The summed E-state index contributed by atoms with van der Waals surface area (Å²) in [5.74, 6) is 1.07. The molecule has 0 N–H and O–H groups in total. The predicted molar refractivity (Wildman–Crippen MR) is 229 cm³/mol. The number of hydrogen-bond acceptors (Lipinski definition) is 24. The molecule has 0 saturated carbocycles. The summed E-state index contributed by atoms with van der Waals surface area (Å²) in [6, 6.07) is 22.8. The molecule has 0 saturated heterocycles. The lowest BCUT2D eigenvalue weighted by Crippen LogP contribution is -2.34. The van der Waals surface area contributed by atoms with Crippen molar-refractivity contribution in [2.24, 2.45) is 5.41 Å². The first-order valence-corrected chi connectivity index (χ1v) is 22.1. The second kappa shape index (κ2) is 19.3. The van der Waals surface area contributed by atoms with Crippen LogP contribution in [-0.4, -0.2) is 124 Å². The Balaban J connectivity index is 1.16. The fraction of sp³-hybridized carbons (Fsp3) is 0.152. The first-order chi connectivity index (χ1) is 31.5. The van der Waals surface area contributed by atoms with E-state index in [2.05, 4.69) is 62.1 Å². The van der Waals surface area contributed by atoms with Gasteiger partial charge in [0.25, 0.3) is 22.7 Å². The van der Waals surface area contributed by atoms with Gasteiger partial charge in [-0.05, 0) is 90.2 Å². The van der Waals surface area contributed by atoms with Crippen molar-refractivity contribution in [1.29, 1.82) is 0 Å². The van der Waals surface area contributed by atoms with E-state index in [9.17, 15) is 40.5 Å². The number of non-ortho nitro benzene ring substituents is 4. The SMILES string of the molecule is O=[N+]([O-])c1ccc(-n2nnnc2SCC(CSc2nnnn2-c2ccc([N+](=O)[O-])cc2)(CSc2nnnn2-c2ccc([N+](=O)[O-])cc2)CSc2nnnn2-c2ccc([N+](=O)[O-])cc2)cc1. The Hall–Kier alpha value is -7.84. The van der Waals surface area contributed by atoms with Crippen LogP contribution in [0.5, 0.6) is 0 Å². The minimum atomic E-state index is -0.846. The molecule has 32 heteroatoms. The maximum absolute atomic E-state index is 11.4. The molecule has 0 bridgehead atoms. The van der Waals surface area contributed by atoms with Gasteiger partial charge < -0.3 is 0 Å². The van der Waals surface area contributed by atoms with Crippen LogP contribution in [0.3, 0.4) is 0 Å². The maximum atomic E-state index is 11.4. The van der Waals surface area contributed by atoms with E-state index in [1.165, 1.54) is 163 Å². The van der Waals surface area contributed by atoms with E-state index >= 15 is 0 Å². The molecule has 0 aliphatic rings. The monoisotopic (exact) mass is 956 g/mol. The molecule has 0 aliphatic carbocycles. The zero-order chi connectivity index (χ0) is 45.5. The number of tetrazole rings is 4. The van der Waals surface area contributed by atoms with Crippen molar-refractivity contribution in [2.75, 3.05) is 23.0 Å². The van der Waals surface area contributed by atoms with Gasteiger partial charge in [0.05, 0.1) is 42.4 Å². The van der Waals surface area contributed by atoms with Crippen LogP contribution in [0.2, 0.25) is 0 Å². The first kappa shape index (κ1) is 43.8. The van der Waals surface area contributed by atoms with Gasteiger partial charge in [0, 0.05) is 77.0 Å². The maximum Gasteiger partial charge on any atom is 0.269 e. The molecule has 4 aromatic carbocycles. The summed E-state index contributed by atoms with van der Waals surface area (Å²) in [7, 11) is 0. The average Bonchev–Trinajstić information content (AvgIpc) is 4.17. The van der Waals surface area contributed by atoms with Gasteiger partial charge in [0.15, 0.2) is 0 Å². The third-order valence-corrected chi connectivity index (χ3v) is 14.1. The Labute approximate surface area is 378 Å². The van der Waals surface area contributed by atoms with Gasteiger partial charge in [0.1, 0.15) is 0 Å². The lowest BCUT2D eigenvalue weighted by molar-refractivity contribution is -0.385. The number of nitrogens with zero attached hydrogens (tertiary/aromatic N) is 20. The van der Waals surface area contributed by atoms with Crippen LogP contribution in [0.25, 0.3) is 22.7 Å². The fourth-order valence-electron chi connectivity index (χ4n) is 5.71. The minimum absolute atomic E-state index is 0.121. The van der Waals surface area contributed by atoms with Gasteiger partial charge in [0.2, 0.25) is 20.6 Å². The van der Waals surface area contributed by atoms with Crippen molar-refractivity contribution in [3.63, 3.8) is 0 Å². The highest BCUT2D eigenvalue weighted by Gasteiger charge is 2.35. The molecule has 0 spiro atoms. The van der Waals surface area contributed by atoms with Crippen LogP contribution in [0.4, 0.5) is 22.7 Å². The molecule has 0 atom stereocenters. The number of benzene rings is 4. The topological polar surface area (TPSA) is 347 Å². The lowest BCUT2D eigenvalue weighted by Gasteiger charge is -2.32. The zero-order valence-corrected chi connectivity index (χ0v) is 35.7. The van der Waals surface area contributed by atoms with Crippen molar-refractivity contribution in [3.05, 3.63) is 138 Å². The second-order valence-electron chi connectivity index (χ2n) is 13.2. The summed E-state index contributed by atoms with van der Waals surface area (Å²) in [5.41, 5.74) is 0.499. The minimum Gasteiger partial charge on any atom is -0.258 e. The quantitative estimate of drug-likeness (QED) is 0.0568. The predicted octanol–water partition coefficient (Wildman–Crippen LogP) is 4.68. The number of thioether (sulfide) groups is 4. The van der Waals surface area contributed by atoms with Crippen molar-refractivity contribution in [1.82, 2.24) is 80.8 Å². The molecule has 65 heavy (non-hydrogen) atoms. The van der Waals surface area contributed by atoms with Crippen molar-refractivity contribution < 1.29 is 19.7 Å². The standard InChI is InChI=1S/C33H24N20O8S4/c54-50(55)25-9-1-21(2-10-25)46-29(34-38-42-46)62-17-33(18-63-30-35-39-43-47(30)22-3-11-26(12-4-22)51(56)57,19-64-31-36-40-44-48(31)23-5-13-27(14-6-23)52(58)59)20-65-32-37-41-45-49(32)24-7-15-28(16-8-24)53(60)61/h1-16H,17-20H2. The number of rotatable bonds is 20. The summed E-state index contributed by atoms with van der Waals surface area (Å²) in [4.78, 5) is 43.4. The summed E-state index contributed by atoms with van der Waals surface area (Å²) in [5, 5.41) is 96.0. The van der Waals surface area contributed by atoms with Crippen LogP contribution in [0, 0.1) is 45.9 Å². The van der Waals surface area contributed by atoms with Gasteiger partial charge >= 0.3 is 0 Å². The van der Waals surface area contributed by atoms with E-state index in [0.29, 0.717) is 43.4 Å². The first-order valence-electron chi connectivity index (χ1n) is 18.1. The highest BCUT2D eigenvalue weighted by Crippen LogP contribution is 2.42. The molecule has 0 fully saturated rings. The van der Waals surface area contributed by atoms with Crippen LogP contribution < -0.4 is 0 Å².